The molecule has 2 aliphatic heterocycles. The van der Waals surface area contributed by atoms with Crippen molar-refractivity contribution in [1.82, 2.24) is 24.2 Å². The van der Waals surface area contributed by atoms with Crippen LogP contribution < -0.4 is 4.90 Å². The van der Waals surface area contributed by atoms with Gasteiger partial charge in [-0.1, -0.05) is 0 Å². The lowest BCUT2D eigenvalue weighted by Gasteiger charge is -2.22. The number of nitrogens with zero attached hydrogens (tertiary/aromatic N) is 5. The number of aromatic nitrogens is 4. The molecule has 25 heavy (non-hydrogen) atoms. The van der Waals surface area contributed by atoms with E-state index < -0.39 is 10.0 Å². The maximum atomic E-state index is 12.6. The molecule has 3 fully saturated rings. The Balaban J connectivity index is 1.30. The summed E-state index contributed by atoms with van der Waals surface area (Å²) >= 11 is 0. The number of hydrogen-bond donors (Lipinski definition) is 1. The van der Waals surface area contributed by atoms with Gasteiger partial charge in [0.15, 0.2) is 5.03 Å². The Kier molecular flexibility index (Phi) is 3.36. The predicted octanol–water partition coefficient (Wildman–Crippen LogP) is 0.834. The van der Waals surface area contributed by atoms with Gasteiger partial charge in [-0.2, -0.15) is 4.31 Å². The average Bonchev–Trinajstić information content (AvgIpc) is 3.00. The number of imidazole rings is 1. The maximum Gasteiger partial charge on any atom is 0.260 e. The van der Waals surface area contributed by atoms with Crippen molar-refractivity contribution in [2.45, 2.75) is 23.8 Å². The van der Waals surface area contributed by atoms with Gasteiger partial charge in [0.05, 0.1) is 12.5 Å². The molecule has 8 nitrogen and oxygen atoms in total. The molecule has 2 aromatic rings. The lowest BCUT2D eigenvalue weighted by molar-refractivity contribution is 0.451. The van der Waals surface area contributed by atoms with Gasteiger partial charge in [0, 0.05) is 43.9 Å². The van der Waals surface area contributed by atoms with Crippen molar-refractivity contribution in [3.8, 4) is 0 Å². The Labute approximate surface area is 146 Å². The van der Waals surface area contributed by atoms with Gasteiger partial charge >= 0.3 is 0 Å². The molecule has 2 aromatic heterocycles. The fourth-order valence-corrected chi connectivity index (χ4v) is 5.44. The molecule has 5 rings (SSSR count). The van der Waals surface area contributed by atoms with E-state index in [0.29, 0.717) is 30.8 Å². The first-order chi connectivity index (χ1) is 12.1. The van der Waals surface area contributed by atoms with Gasteiger partial charge in [0.25, 0.3) is 10.0 Å². The van der Waals surface area contributed by atoms with Gasteiger partial charge in [0.1, 0.15) is 12.1 Å². The van der Waals surface area contributed by atoms with Crippen molar-refractivity contribution in [3.63, 3.8) is 0 Å². The summed E-state index contributed by atoms with van der Waals surface area (Å²) < 4.78 is 26.8. The predicted molar refractivity (Wildman–Crippen MR) is 90.5 cm³/mol. The molecule has 4 heterocycles. The molecule has 0 spiro atoms. The van der Waals surface area contributed by atoms with Crippen LogP contribution in [-0.4, -0.2) is 58.8 Å². The molecule has 1 saturated carbocycles. The van der Waals surface area contributed by atoms with E-state index in [2.05, 4.69) is 30.9 Å². The number of H-pyrrole nitrogens is 1. The molecule has 1 aliphatic carbocycles. The molecule has 1 N–H and O–H groups in total. The van der Waals surface area contributed by atoms with Crippen molar-refractivity contribution in [2.75, 3.05) is 31.1 Å². The maximum absolute atomic E-state index is 12.6. The Hall–Kier alpha value is -2.00. The van der Waals surface area contributed by atoms with Gasteiger partial charge < -0.3 is 9.88 Å². The van der Waals surface area contributed by atoms with Gasteiger partial charge in [-0.3, -0.25) is 0 Å². The molecular weight excluding hydrogens is 340 g/mol. The molecule has 2 atom stereocenters. The van der Waals surface area contributed by atoms with E-state index in [-0.39, 0.29) is 5.03 Å². The van der Waals surface area contributed by atoms with Crippen LogP contribution in [0.15, 0.2) is 29.9 Å². The number of aromatic amines is 1. The summed E-state index contributed by atoms with van der Waals surface area (Å²) in [7, 11) is -3.46. The molecule has 0 bridgehead atoms. The Morgan fingerprint density at radius 2 is 1.84 bits per heavy atom. The van der Waals surface area contributed by atoms with Crippen molar-refractivity contribution < 1.29 is 8.42 Å². The van der Waals surface area contributed by atoms with E-state index in [4.69, 9.17) is 0 Å². The number of fused-ring (bicyclic) bond motifs is 1. The summed E-state index contributed by atoms with van der Waals surface area (Å²) in [6, 6.07) is 2.11. The summed E-state index contributed by atoms with van der Waals surface area (Å²) in [4.78, 5) is 17.6. The van der Waals surface area contributed by atoms with Crippen molar-refractivity contribution in [1.29, 1.82) is 0 Å². The first-order valence-electron chi connectivity index (χ1n) is 8.66. The summed E-state index contributed by atoms with van der Waals surface area (Å²) in [5.74, 6) is 2.28. The van der Waals surface area contributed by atoms with E-state index in [1.165, 1.54) is 25.4 Å². The number of rotatable bonds is 4. The third-order valence-electron chi connectivity index (χ3n) is 5.54. The largest absolute Gasteiger partial charge is 0.356 e. The van der Waals surface area contributed by atoms with Gasteiger partial charge in [0.2, 0.25) is 0 Å². The number of sulfonamides is 1. The minimum Gasteiger partial charge on any atom is -0.356 e. The monoisotopic (exact) mass is 360 g/mol. The second-order valence-corrected chi connectivity index (χ2v) is 9.14. The normalized spacial score (nSPS) is 27.0. The van der Waals surface area contributed by atoms with Crippen LogP contribution in [0.5, 0.6) is 0 Å². The van der Waals surface area contributed by atoms with Gasteiger partial charge in [-0.25, -0.2) is 23.4 Å². The summed E-state index contributed by atoms with van der Waals surface area (Å²) in [6.45, 7) is 2.81. The fourth-order valence-electron chi connectivity index (χ4n) is 3.99. The highest BCUT2D eigenvalue weighted by atomic mass is 32.2. The first-order valence-corrected chi connectivity index (χ1v) is 10.1. The molecule has 0 aromatic carbocycles. The SMILES string of the molecule is O=S(=O)(c1cnc[nH]1)N1CC2CN(c3cc(C4CC4)ncn3)CC2C1. The van der Waals surface area contributed by atoms with E-state index in [9.17, 15) is 8.42 Å². The van der Waals surface area contributed by atoms with Gasteiger partial charge in [-0.05, 0) is 24.7 Å². The van der Waals surface area contributed by atoms with Crippen LogP contribution in [0.25, 0.3) is 0 Å². The minimum atomic E-state index is -3.46. The number of hydrogen-bond acceptors (Lipinski definition) is 6. The van der Waals surface area contributed by atoms with Gasteiger partial charge in [-0.15, -0.1) is 0 Å². The zero-order chi connectivity index (χ0) is 17.0. The van der Waals surface area contributed by atoms with Crippen molar-refractivity contribution in [2.24, 2.45) is 11.8 Å². The quantitative estimate of drug-likeness (QED) is 0.868. The number of anilines is 1. The molecule has 132 valence electrons. The summed E-state index contributed by atoms with van der Waals surface area (Å²) in [5.41, 5.74) is 1.14. The topological polar surface area (TPSA) is 95.1 Å². The van der Waals surface area contributed by atoms with E-state index in [1.807, 2.05) is 0 Å². The average molecular weight is 360 g/mol. The fraction of sp³-hybridized carbons (Fsp3) is 0.562. The van der Waals surface area contributed by atoms with Crippen LogP contribution in [0.3, 0.4) is 0 Å². The molecular formula is C16H20N6O2S. The highest BCUT2D eigenvalue weighted by molar-refractivity contribution is 7.89. The smallest absolute Gasteiger partial charge is 0.260 e. The van der Waals surface area contributed by atoms with Crippen LogP contribution in [0.1, 0.15) is 24.5 Å². The third-order valence-corrected chi connectivity index (χ3v) is 7.29. The van der Waals surface area contributed by atoms with Crippen LogP contribution in [0, 0.1) is 11.8 Å². The van der Waals surface area contributed by atoms with Crippen LogP contribution in [0.2, 0.25) is 0 Å². The van der Waals surface area contributed by atoms with E-state index in [1.54, 1.807) is 10.6 Å². The Morgan fingerprint density at radius 3 is 2.48 bits per heavy atom. The van der Waals surface area contributed by atoms with Crippen LogP contribution in [-0.2, 0) is 10.0 Å². The summed E-state index contributed by atoms with van der Waals surface area (Å²) in [5, 5.41) is 0.175. The lowest BCUT2D eigenvalue weighted by atomic mass is 10.0. The van der Waals surface area contributed by atoms with E-state index >= 15 is 0 Å². The standard InChI is InChI=1S/C16H20N6O2S/c23-25(24,16-4-17-9-20-16)22-7-12-5-21(6-13(12)8-22)15-3-14(11-1-2-11)18-10-19-15/h3-4,9-13H,1-2,5-8H2,(H,17,20). The molecule has 9 heteroatoms. The molecule has 3 aliphatic rings. The molecule has 0 radical (unpaired) electrons. The Morgan fingerprint density at radius 1 is 1.08 bits per heavy atom. The minimum absolute atomic E-state index is 0.175. The first kappa shape index (κ1) is 15.3. The van der Waals surface area contributed by atoms with Crippen molar-refractivity contribution in [3.05, 3.63) is 30.6 Å². The zero-order valence-corrected chi connectivity index (χ0v) is 14.6. The highest BCUT2D eigenvalue weighted by Crippen LogP contribution is 2.40. The third kappa shape index (κ3) is 2.62. The lowest BCUT2D eigenvalue weighted by Crippen LogP contribution is -2.33. The zero-order valence-electron chi connectivity index (χ0n) is 13.7. The van der Waals surface area contributed by atoms with Crippen LogP contribution >= 0.6 is 0 Å². The Bertz CT molecular complexity index is 866. The number of nitrogens with one attached hydrogen (secondary N) is 1. The second-order valence-electron chi connectivity index (χ2n) is 7.24. The van der Waals surface area contributed by atoms with Crippen molar-refractivity contribution >= 4 is 15.8 Å². The molecule has 2 saturated heterocycles. The van der Waals surface area contributed by atoms with E-state index in [0.717, 1.165) is 24.6 Å². The molecule has 2 unspecified atom stereocenters. The second kappa shape index (κ2) is 5.50. The van der Waals surface area contributed by atoms with Crippen LogP contribution in [0.4, 0.5) is 5.82 Å². The molecule has 0 amide bonds. The summed E-state index contributed by atoms with van der Waals surface area (Å²) in [6.07, 6.45) is 6.88. The highest BCUT2D eigenvalue weighted by Gasteiger charge is 2.45.